The molecule has 3 nitrogen and oxygen atoms in total. The van der Waals surface area contributed by atoms with E-state index in [9.17, 15) is 23.2 Å². The number of ketones is 1. The number of thioether (sulfide) groups is 1. The summed E-state index contributed by atoms with van der Waals surface area (Å²) < 4.78 is 37.6. The van der Waals surface area contributed by atoms with Crippen LogP contribution in [0, 0.1) is 18.3 Å². The number of rotatable bonds is 5. The van der Waals surface area contributed by atoms with Crippen molar-refractivity contribution < 1.29 is 18.0 Å². The zero-order chi connectivity index (χ0) is 17.7. The molecule has 124 valence electrons. The van der Waals surface area contributed by atoms with E-state index in [4.69, 9.17) is 0 Å². The van der Waals surface area contributed by atoms with Gasteiger partial charge in [0.2, 0.25) is 0 Å². The topological polar surface area (TPSA) is 53.8 Å². The van der Waals surface area contributed by atoms with Gasteiger partial charge in [-0.3, -0.25) is 9.78 Å². The molecule has 1 aromatic carbocycles. The first-order chi connectivity index (χ1) is 11.3. The van der Waals surface area contributed by atoms with Crippen LogP contribution in [-0.4, -0.2) is 16.5 Å². The smallest absolute Gasteiger partial charge is 0.297 e. The maximum Gasteiger partial charge on any atom is 0.417 e. The highest BCUT2D eigenvalue weighted by Gasteiger charge is 2.31. The van der Waals surface area contributed by atoms with Crippen LogP contribution in [0.2, 0.25) is 0 Å². The first kappa shape index (κ1) is 18.0. The minimum atomic E-state index is -4.50. The van der Waals surface area contributed by atoms with Gasteiger partial charge in [0.1, 0.15) is 5.92 Å². The summed E-state index contributed by atoms with van der Waals surface area (Å²) in [6.45, 7) is 1.95. The van der Waals surface area contributed by atoms with Crippen molar-refractivity contribution in [1.82, 2.24) is 4.98 Å². The van der Waals surface area contributed by atoms with Gasteiger partial charge in [0, 0.05) is 11.1 Å². The standard InChI is InChI=1S/C17H13F3N2OS/c1-11-2-5-13(6-3-11)24-10-16(23)14(8-21)15-7-4-12(9-22-15)17(18,19)20/h2-7,9,14H,10H2,1H3. The largest absolute Gasteiger partial charge is 0.417 e. The molecule has 0 saturated heterocycles. The number of carbonyl (C=O) groups excluding carboxylic acids is 1. The minimum absolute atomic E-state index is 0.0278. The first-order valence-electron chi connectivity index (χ1n) is 6.96. The fourth-order valence-corrected chi connectivity index (χ4v) is 2.72. The summed E-state index contributed by atoms with van der Waals surface area (Å²) in [7, 11) is 0. The van der Waals surface area contributed by atoms with E-state index in [1.165, 1.54) is 11.8 Å². The molecule has 1 unspecified atom stereocenters. The number of benzene rings is 1. The second-order valence-electron chi connectivity index (χ2n) is 5.10. The summed E-state index contributed by atoms with van der Waals surface area (Å²) >= 11 is 1.27. The number of carbonyl (C=O) groups is 1. The van der Waals surface area contributed by atoms with Crippen LogP contribution < -0.4 is 0 Å². The predicted molar refractivity (Wildman–Crippen MR) is 84.5 cm³/mol. The molecule has 0 aliphatic rings. The van der Waals surface area contributed by atoms with Crippen LogP contribution >= 0.6 is 11.8 Å². The van der Waals surface area contributed by atoms with Gasteiger partial charge in [-0.15, -0.1) is 11.8 Å². The van der Waals surface area contributed by atoms with Gasteiger partial charge >= 0.3 is 6.18 Å². The Hall–Kier alpha value is -2.33. The lowest BCUT2D eigenvalue weighted by molar-refractivity contribution is -0.137. The van der Waals surface area contributed by atoms with Crippen LogP contribution in [-0.2, 0) is 11.0 Å². The number of pyridine rings is 1. The number of hydrogen-bond donors (Lipinski definition) is 0. The minimum Gasteiger partial charge on any atom is -0.297 e. The monoisotopic (exact) mass is 350 g/mol. The van der Waals surface area contributed by atoms with E-state index in [1.807, 2.05) is 37.3 Å². The average Bonchev–Trinajstić information content (AvgIpc) is 2.55. The van der Waals surface area contributed by atoms with E-state index in [-0.39, 0.29) is 11.4 Å². The Morgan fingerprint density at radius 3 is 2.42 bits per heavy atom. The summed E-state index contributed by atoms with van der Waals surface area (Å²) in [6.07, 6.45) is -3.86. The number of nitriles is 1. The molecule has 1 aromatic heterocycles. The van der Waals surface area contributed by atoms with Gasteiger partial charge in [0.05, 0.1) is 23.1 Å². The quantitative estimate of drug-likeness (QED) is 0.751. The fourth-order valence-electron chi connectivity index (χ4n) is 1.92. The van der Waals surface area contributed by atoms with Crippen LogP contribution in [0.1, 0.15) is 22.7 Å². The number of aromatic nitrogens is 1. The highest BCUT2D eigenvalue weighted by atomic mass is 32.2. The van der Waals surface area contributed by atoms with Gasteiger partial charge < -0.3 is 0 Å². The highest BCUT2D eigenvalue weighted by Crippen LogP contribution is 2.29. The number of aryl methyl sites for hydroxylation is 1. The van der Waals surface area contributed by atoms with Crippen LogP contribution in [0.4, 0.5) is 13.2 Å². The van der Waals surface area contributed by atoms with Crippen molar-refractivity contribution in [1.29, 1.82) is 5.26 Å². The SMILES string of the molecule is Cc1ccc(SCC(=O)C(C#N)c2ccc(C(F)(F)F)cn2)cc1. The molecule has 1 heterocycles. The molecule has 24 heavy (non-hydrogen) atoms. The molecule has 0 aliphatic carbocycles. The summed E-state index contributed by atoms with van der Waals surface area (Å²) in [5, 5.41) is 9.17. The van der Waals surface area contributed by atoms with Gasteiger partial charge in [-0.2, -0.15) is 18.4 Å². The number of alkyl halides is 3. The summed E-state index contributed by atoms with van der Waals surface area (Å²) in [6, 6.07) is 11.3. The molecule has 2 rings (SSSR count). The van der Waals surface area contributed by atoms with Crippen molar-refractivity contribution in [3.63, 3.8) is 0 Å². The van der Waals surface area contributed by atoms with Crippen molar-refractivity contribution >= 4 is 17.5 Å². The normalized spacial score (nSPS) is 12.5. The maximum absolute atomic E-state index is 12.5. The van der Waals surface area contributed by atoms with Crippen LogP contribution in [0.15, 0.2) is 47.5 Å². The summed E-state index contributed by atoms with van der Waals surface area (Å²) in [4.78, 5) is 16.7. The highest BCUT2D eigenvalue weighted by molar-refractivity contribution is 8.00. The van der Waals surface area contributed by atoms with Crippen LogP contribution in [0.3, 0.4) is 0 Å². The average molecular weight is 350 g/mol. The Morgan fingerprint density at radius 1 is 1.25 bits per heavy atom. The van der Waals surface area contributed by atoms with Crippen molar-refractivity contribution in [3.05, 3.63) is 59.4 Å². The zero-order valence-electron chi connectivity index (χ0n) is 12.7. The molecule has 0 fully saturated rings. The van der Waals surface area contributed by atoms with E-state index in [1.54, 1.807) is 0 Å². The number of Topliss-reactive ketones (excluding diaryl/α,β-unsaturated/α-hetero) is 1. The third-order valence-electron chi connectivity index (χ3n) is 3.26. The Morgan fingerprint density at radius 2 is 1.92 bits per heavy atom. The van der Waals surface area contributed by atoms with Gasteiger partial charge in [-0.25, -0.2) is 0 Å². The van der Waals surface area contributed by atoms with Crippen molar-refractivity contribution in [2.75, 3.05) is 5.75 Å². The van der Waals surface area contributed by atoms with Gasteiger partial charge in [-0.05, 0) is 31.2 Å². The van der Waals surface area contributed by atoms with Gasteiger partial charge in [0.25, 0.3) is 0 Å². The lowest BCUT2D eigenvalue weighted by Gasteiger charge is -2.10. The van der Waals surface area contributed by atoms with Gasteiger partial charge in [-0.1, -0.05) is 17.7 Å². The van der Waals surface area contributed by atoms with Crippen molar-refractivity contribution in [2.45, 2.75) is 23.9 Å². The van der Waals surface area contributed by atoms with Crippen molar-refractivity contribution in [3.8, 4) is 6.07 Å². The summed E-state index contributed by atoms with van der Waals surface area (Å²) in [5.41, 5.74) is 0.207. The zero-order valence-corrected chi connectivity index (χ0v) is 13.5. The summed E-state index contributed by atoms with van der Waals surface area (Å²) in [5.74, 6) is -1.52. The van der Waals surface area contributed by atoms with E-state index >= 15 is 0 Å². The fraction of sp³-hybridized carbons (Fsp3) is 0.235. The van der Waals surface area contributed by atoms with E-state index in [2.05, 4.69) is 4.98 Å². The molecular weight excluding hydrogens is 337 g/mol. The number of hydrogen-bond acceptors (Lipinski definition) is 4. The number of nitrogens with zero attached hydrogens (tertiary/aromatic N) is 2. The molecular formula is C17H13F3N2OS. The second-order valence-corrected chi connectivity index (χ2v) is 6.15. The molecule has 0 bridgehead atoms. The lowest BCUT2D eigenvalue weighted by atomic mass is 10.0. The molecule has 0 aliphatic heterocycles. The molecule has 2 aromatic rings. The first-order valence-corrected chi connectivity index (χ1v) is 7.95. The molecule has 7 heteroatoms. The Bertz CT molecular complexity index is 749. The maximum atomic E-state index is 12.5. The molecule has 0 N–H and O–H groups in total. The molecule has 0 amide bonds. The molecule has 0 radical (unpaired) electrons. The number of halogens is 3. The second kappa shape index (κ2) is 7.49. The van der Waals surface area contributed by atoms with E-state index in [0.29, 0.717) is 6.20 Å². The Labute approximate surface area is 141 Å². The lowest BCUT2D eigenvalue weighted by Crippen LogP contribution is -2.15. The Balaban J connectivity index is 2.06. The van der Waals surface area contributed by atoms with Gasteiger partial charge in [0.15, 0.2) is 5.78 Å². The van der Waals surface area contributed by atoms with Crippen LogP contribution in [0.5, 0.6) is 0 Å². The molecule has 0 saturated carbocycles. The molecule has 1 atom stereocenters. The van der Waals surface area contributed by atoms with E-state index in [0.717, 1.165) is 22.6 Å². The Kier molecular flexibility index (Phi) is 5.62. The molecule has 0 spiro atoms. The third kappa shape index (κ3) is 4.59. The third-order valence-corrected chi connectivity index (χ3v) is 4.30. The van der Waals surface area contributed by atoms with Crippen molar-refractivity contribution in [2.24, 2.45) is 0 Å². The van der Waals surface area contributed by atoms with Crippen LogP contribution in [0.25, 0.3) is 0 Å². The predicted octanol–water partition coefficient (Wildman–Crippen LogP) is 4.38. The van der Waals surface area contributed by atoms with E-state index < -0.39 is 23.4 Å².